The van der Waals surface area contributed by atoms with Gasteiger partial charge in [0.05, 0.1) is 23.4 Å². The van der Waals surface area contributed by atoms with E-state index in [0.29, 0.717) is 6.10 Å². The van der Waals surface area contributed by atoms with Gasteiger partial charge in [-0.2, -0.15) is 0 Å². The molecule has 1 saturated carbocycles. The van der Waals surface area contributed by atoms with E-state index in [9.17, 15) is 0 Å². The van der Waals surface area contributed by atoms with Crippen molar-refractivity contribution in [1.82, 2.24) is 15.2 Å². The molecule has 0 unspecified atom stereocenters. The number of nitrogens with one attached hydrogen (secondary N) is 1. The third kappa shape index (κ3) is 3.29. The van der Waals surface area contributed by atoms with Gasteiger partial charge in [0.2, 0.25) is 0 Å². The van der Waals surface area contributed by atoms with Crippen LogP contribution in [0.5, 0.6) is 0 Å². The molecule has 2 fully saturated rings. The van der Waals surface area contributed by atoms with Gasteiger partial charge in [-0.05, 0) is 19.8 Å². The molecule has 4 nitrogen and oxygen atoms in total. The van der Waals surface area contributed by atoms with Crippen LogP contribution in [0.3, 0.4) is 0 Å². The second-order valence-electron chi connectivity index (χ2n) is 5.21. The minimum absolute atomic E-state index is 0.346. The Morgan fingerprint density at radius 3 is 3.17 bits per heavy atom. The highest BCUT2D eigenvalue weighted by atomic mass is 32.1. The van der Waals surface area contributed by atoms with E-state index in [2.05, 4.69) is 20.6 Å². The fourth-order valence-electron chi connectivity index (χ4n) is 2.49. The summed E-state index contributed by atoms with van der Waals surface area (Å²) < 4.78 is 5.81. The molecule has 1 saturated heterocycles. The number of ether oxygens (including phenoxy) is 1. The van der Waals surface area contributed by atoms with Crippen LogP contribution in [0.2, 0.25) is 0 Å². The molecule has 5 heteroatoms. The smallest absolute Gasteiger partial charge is 0.0897 e. The minimum atomic E-state index is 0.346. The molecule has 0 spiro atoms. The van der Waals surface area contributed by atoms with Gasteiger partial charge in [-0.1, -0.05) is 0 Å². The van der Waals surface area contributed by atoms with Gasteiger partial charge < -0.3 is 10.1 Å². The van der Waals surface area contributed by atoms with E-state index in [1.54, 1.807) is 11.3 Å². The van der Waals surface area contributed by atoms with Crippen molar-refractivity contribution in [2.45, 2.75) is 38.5 Å². The number of hydrogen-bond donors (Lipinski definition) is 1. The molecule has 1 N–H and O–H groups in total. The second-order valence-corrected chi connectivity index (χ2v) is 6.27. The van der Waals surface area contributed by atoms with Crippen molar-refractivity contribution in [3.8, 4) is 0 Å². The highest BCUT2D eigenvalue weighted by Crippen LogP contribution is 2.28. The summed E-state index contributed by atoms with van der Waals surface area (Å²) in [7, 11) is 0. The summed E-state index contributed by atoms with van der Waals surface area (Å²) in [5.74, 6) is 0. The average molecular weight is 267 g/mol. The van der Waals surface area contributed by atoms with E-state index < -0.39 is 0 Å². The number of hydrogen-bond acceptors (Lipinski definition) is 5. The Morgan fingerprint density at radius 1 is 1.56 bits per heavy atom. The van der Waals surface area contributed by atoms with Gasteiger partial charge in [-0.3, -0.25) is 4.90 Å². The third-order valence-electron chi connectivity index (χ3n) is 3.58. The molecular weight excluding hydrogens is 246 g/mol. The molecule has 2 heterocycles. The van der Waals surface area contributed by atoms with Gasteiger partial charge in [-0.25, -0.2) is 4.98 Å². The molecule has 100 valence electrons. The van der Waals surface area contributed by atoms with E-state index in [1.807, 2.05) is 6.92 Å². The zero-order valence-corrected chi connectivity index (χ0v) is 11.7. The predicted molar refractivity (Wildman–Crippen MR) is 72.9 cm³/mol. The molecule has 0 radical (unpaired) electrons. The van der Waals surface area contributed by atoms with E-state index >= 15 is 0 Å². The first-order valence-corrected chi connectivity index (χ1v) is 7.66. The number of aromatic nitrogens is 1. The van der Waals surface area contributed by atoms with Crippen LogP contribution in [0.25, 0.3) is 0 Å². The summed E-state index contributed by atoms with van der Waals surface area (Å²) >= 11 is 1.71. The largest absolute Gasteiger partial charge is 0.374 e. The normalized spacial score (nSPS) is 25.5. The first-order chi connectivity index (χ1) is 8.81. The first kappa shape index (κ1) is 12.5. The molecule has 0 bridgehead atoms. The van der Waals surface area contributed by atoms with E-state index in [1.165, 1.54) is 12.8 Å². The van der Waals surface area contributed by atoms with Crippen LogP contribution in [0, 0.1) is 6.92 Å². The molecule has 0 aromatic carbocycles. The lowest BCUT2D eigenvalue weighted by molar-refractivity contribution is -0.0301. The highest BCUT2D eigenvalue weighted by molar-refractivity contribution is 7.09. The van der Waals surface area contributed by atoms with Gasteiger partial charge in [0.25, 0.3) is 0 Å². The van der Waals surface area contributed by atoms with Crippen LogP contribution in [-0.2, 0) is 11.3 Å². The maximum absolute atomic E-state index is 5.81. The van der Waals surface area contributed by atoms with Crippen LogP contribution < -0.4 is 5.32 Å². The van der Waals surface area contributed by atoms with Crippen molar-refractivity contribution >= 4 is 11.3 Å². The van der Waals surface area contributed by atoms with Crippen LogP contribution in [-0.4, -0.2) is 48.3 Å². The van der Waals surface area contributed by atoms with Gasteiger partial charge in [-0.15, -0.1) is 11.3 Å². The Kier molecular flexibility index (Phi) is 3.94. The second kappa shape index (κ2) is 5.65. The molecule has 2 aliphatic rings. The summed E-state index contributed by atoms with van der Waals surface area (Å²) in [4.78, 5) is 7.04. The number of rotatable bonds is 5. The SMILES string of the molecule is Cc1nc(CNC[C@@H]2CN(C3CC3)CCO2)cs1. The lowest BCUT2D eigenvalue weighted by Gasteiger charge is -2.33. The number of aryl methyl sites for hydroxylation is 1. The van der Waals surface area contributed by atoms with Gasteiger partial charge in [0.15, 0.2) is 0 Å². The third-order valence-corrected chi connectivity index (χ3v) is 4.40. The van der Waals surface area contributed by atoms with Gasteiger partial charge >= 0.3 is 0 Å². The zero-order valence-electron chi connectivity index (χ0n) is 10.9. The number of nitrogens with zero attached hydrogens (tertiary/aromatic N) is 2. The Hall–Kier alpha value is -0.490. The molecule has 18 heavy (non-hydrogen) atoms. The maximum atomic E-state index is 5.81. The summed E-state index contributed by atoms with van der Waals surface area (Å²) in [6, 6.07) is 0.859. The fraction of sp³-hybridized carbons (Fsp3) is 0.769. The minimum Gasteiger partial charge on any atom is -0.374 e. The molecular formula is C13H21N3OS. The Bertz CT molecular complexity index is 391. The molecule has 1 aromatic rings. The van der Waals surface area contributed by atoms with Crippen molar-refractivity contribution < 1.29 is 4.74 Å². The molecule has 1 aliphatic carbocycles. The van der Waals surface area contributed by atoms with Gasteiger partial charge in [0, 0.05) is 37.6 Å². The van der Waals surface area contributed by atoms with Crippen molar-refractivity contribution in [3.63, 3.8) is 0 Å². The predicted octanol–water partition coefficient (Wildman–Crippen LogP) is 1.40. The van der Waals surface area contributed by atoms with Crippen LogP contribution in [0.1, 0.15) is 23.5 Å². The number of thiazole rings is 1. The topological polar surface area (TPSA) is 37.4 Å². The van der Waals surface area contributed by atoms with E-state index in [4.69, 9.17) is 4.74 Å². The summed E-state index contributed by atoms with van der Waals surface area (Å²) in [6.07, 6.45) is 3.12. The lowest BCUT2D eigenvalue weighted by atomic mass is 10.2. The maximum Gasteiger partial charge on any atom is 0.0897 e. The first-order valence-electron chi connectivity index (χ1n) is 6.78. The summed E-state index contributed by atoms with van der Waals surface area (Å²) in [5, 5.41) is 6.72. The Morgan fingerprint density at radius 2 is 2.44 bits per heavy atom. The van der Waals surface area contributed by atoms with Crippen molar-refractivity contribution in [3.05, 3.63) is 16.1 Å². The average Bonchev–Trinajstić information content (AvgIpc) is 3.14. The summed E-state index contributed by atoms with van der Waals surface area (Å²) in [6.45, 7) is 6.93. The molecule has 3 rings (SSSR count). The van der Waals surface area contributed by atoms with Crippen LogP contribution in [0.15, 0.2) is 5.38 Å². The van der Waals surface area contributed by atoms with Crippen molar-refractivity contribution in [1.29, 1.82) is 0 Å². The van der Waals surface area contributed by atoms with Crippen molar-refractivity contribution in [2.75, 3.05) is 26.2 Å². The molecule has 1 aromatic heterocycles. The fourth-order valence-corrected chi connectivity index (χ4v) is 3.10. The standard InChI is InChI=1S/C13H21N3OS/c1-10-15-11(9-18-10)6-14-7-13-8-16(4-5-17-13)12-2-3-12/h9,12-14H,2-8H2,1H3/t13-/m1/s1. The lowest BCUT2D eigenvalue weighted by Crippen LogP contribution is -2.47. The van der Waals surface area contributed by atoms with Gasteiger partial charge in [0.1, 0.15) is 0 Å². The van der Waals surface area contributed by atoms with Crippen LogP contribution in [0.4, 0.5) is 0 Å². The molecule has 1 aliphatic heterocycles. The number of morpholine rings is 1. The van der Waals surface area contributed by atoms with Crippen molar-refractivity contribution in [2.24, 2.45) is 0 Å². The Balaban J connectivity index is 1.39. The van der Waals surface area contributed by atoms with E-state index in [-0.39, 0.29) is 0 Å². The van der Waals surface area contributed by atoms with Crippen LogP contribution >= 0.6 is 11.3 Å². The monoisotopic (exact) mass is 267 g/mol. The quantitative estimate of drug-likeness (QED) is 0.875. The molecule has 1 atom stereocenters. The zero-order chi connectivity index (χ0) is 12.4. The Labute approximate surface area is 112 Å². The summed E-state index contributed by atoms with van der Waals surface area (Å²) in [5.41, 5.74) is 1.15. The highest BCUT2D eigenvalue weighted by Gasteiger charge is 2.32. The van der Waals surface area contributed by atoms with E-state index in [0.717, 1.165) is 49.5 Å². The molecule has 0 amide bonds.